The Bertz CT molecular complexity index is 346. The fourth-order valence-corrected chi connectivity index (χ4v) is 2.20. The van der Waals surface area contributed by atoms with Crippen molar-refractivity contribution < 1.29 is 9.13 Å². The van der Waals surface area contributed by atoms with E-state index in [1.54, 1.807) is 19.2 Å². The van der Waals surface area contributed by atoms with E-state index in [4.69, 9.17) is 4.74 Å². The van der Waals surface area contributed by atoms with Crippen LogP contribution >= 0.6 is 15.9 Å². The lowest BCUT2D eigenvalue weighted by Gasteiger charge is -2.17. The van der Waals surface area contributed by atoms with Crippen LogP contribution in [0.2, 0.25) is 0 Å². The molecule has 0 aliphatic rings. The zero-order valence-electron chi connectivity index (χ0n) is 10.3. The summed E-state index contributed by atoms with van der Waals surface area (Å²) in [6.45, 7) is 0.766. The first-order valence-corrected chi connectivity index (χ1v) is 6.56. The highest BCUT2D eigenvalue weighted by molar-refractivity contribution is 9.10. The molecule has 0 spiro atoms. The van der Waals surface area contributed by atoms with E-state index in [-0.39, 0.29) is 5.82 Å². The summed E-state index contributed by atoms with van der Waals surface area (Å²) in [6.07, 6.45) is 2.85. The molecule has 0 saturated heterocycles. The van der Waals surface area contributed by atoms with Gasteiger partial charge in [-0.1, -0.05) is 15.9 Å². The van der Waals surface area contributed by atoms with E-state index in [1.165, 1.54) is 6.07 Å². The van der Waals surface area contributed by atoms with Crippen molar-refractivity contribution in [1.29, 1.82) is 0 Å². The van der Waals surface area contributed by atoms with E-state index in [9.17, 15) is 4.39 Å². The van der Waals surface area contributed by atoms with E-state index in [1.807, 2.05) is 7.05 Å². The molecule has 1 aromatic rings. The van der Waals surface area contributed by atoms with Gasteiger partial charge in [0.2, 0.25) is 0 Å². The minimum absolute atomic E-state index is 0.185. The number of halogens is 2. The summed E-state index contributed by atoms with van der Waals surface area (Å²) in [5.41, 5.74) is 1.00. The highest BCUT2D eigenvalue weighted by Gasteiger charge is 2.10. The SMILES string of the molecule is CNC(CCCOC)Cc1cc(F)ccc1Br. The normalized spacial score (nSPS) is 12.7. The minimum atomic E-state index is -0.185. The van der Waals surface area contributed by atoms with Crippen LogP contribution < -0.4 is 5.32 Å². The topological polar surface area (TPSA) is 21.3 Å². The van der Waals surface area contributed by atoms with Gasteiger partial charge in [-0.25, -0.2) is 4.39 Å². The molecule has 0 aliphatic carbocycles. The Morgan fingerprint density at radius 1 is 1.47 bits per heavy atom. The van der Waals surface area contributed by atoms with Gasteiger partial charge in [-0.15, -0.1) is 0 Å². The molecule has 96 valence electrons. The number of rotatable bonds is 7. The third-order valence-corrected chi connectivity index (χ3v) is 3.56. The van der Waals surface area contributed by atoms with Crippen molar-refractivity contribution in [2.24, 2.45) is 0 Å². The first-order chi connectivity index (χ1) is 8.17. The van der Waals surface area contributed by atoms with Crippen LogP contribution in [0.25, 0.3) is 0 Å². The van der Waals surface area contributed by atoms with Crippen LogP contribution in [0.3, 0.4) is 0 Å². The van der Waals surface area contributed by atoms with E-state index < -0.39 is 0 Å². The first-order valence-electron chi connectivity index (χ1n) is 5.77. The van der Waals surface area contributed by atoms with Gasteiger partial charge in [0.25, 0.3) is 0 Å². The van der Waals surface area contributed by atoms with Gasteiger partial charge in [0.15, 0.2) is 0 Å². The molecule has 1 atom stereocenters. The second kappa shape index (κ2) is 7.80. The van der Waals surface area contributed by atoms with Gasteiger partial charge in [0.1, 0.15) is 5.82 Å². The number of nitrogens with one attached hydrogen (secondary N) is 1. The molecule has 1 unspecified atom stereocenters. The van der Waals surface area contributed by atoms with Crippen molar-refractivity contribution in [3.8, 4) is 0 Å². The van der Waals surface area contributed by atoms with Crippen LogP contribution in [0.1, 0.15) is 18.4 Å². The van der Waals surface area contributed by atoms with Crippen molar-refractivity contribution in [1.82, 2.24) is 5.32 Å². The third-order valence-electron chi connectivity index (χ3n) is 2.78. The minimum Gasteiger partial charge on any atom is -0.385 e. The summed E-state index contributed by atoms with van der Waals surface area (Å²) in [7, 11) is 3.64. The van der Waals surface area contributed by atoms with Crippen LogP contribution in [-0.2, 0) is 11.2 Å². The summed E-state index contributed by atoms with van der Waals surface area (Å²) < 4.78 is 19.1. The Balaban J connectivity index is 2.57. The lowest BCUT2D eigenvalue weighted by atomic mass is 10.0. The number of hydrogen-bond acceptors (Lipinski definition) is 2. The van der Waals surface area contributed by atoms with E-state index in [0.29, 0.717) is 6.04 Å². The number of ether oxygens (including phenoxy) is 1. The summed E-state index contributed by atoms with van der Waals surface area (Å²) in [4.78, 5) is 0. The van der Waals surface area contributed by atoms with Gasteiger partial charge in [-0.05, 0) is 50.1 Å². The molecule has 0 heterocycles. The molecular formula is C13H19BrFNO. The van der Waals surface area contributed by atoms with Crippen molar-refractivity contribution in [3.05, 3.63) is 34.1 Å². The molecule has 0 radical (unpaired) electrons. The molecule has 0 saturated carbocycles. The molecule has 0 bridgehead atoms. The van der Waals surface area contributed by atoms with Crippen LogP contribution in [0.5, 0.6) is 0 Å². The zero-order valence-corrected chi connectivity index (χ0v) is 11.9. The van der Waals surface area contributed by atoms with Crippen LogP contribution in [-0.4, -0.2) is 26.8 Å². The van der Waals surface area contributed by atoms with Gasteiger partial charge >= 0.3 is 0 Å². The lowest BCUT2D eigenvalue weighted by Crippen LogP contribution is -2.28. The Hall–Kier alpha value is -0.450. The zero-order chi connectivity index (χ0) is 12.7. The molecule has 1 rings (SSSR count). The maximum absolute atomic E-state index is 13.1. The Labute approximate surface area is 111 Å². The third kappa shape index (κ3) is 5.15. The van der Waals surface area contributed by atoms with Gasteiger partial charge < -0.3 is 10.1 Å². The fraction of sp³-hybridized carbons (Fsp3) is 0.538. The van der Waals surface area contributed by atoms with Gasteiger partial charge in [0.05, 0.1) is 0 Å². The average Bonchev–Trinajstić information content (AvgIpc) is 2.32. The van der Waals surface area contributed by atoms with Crippen LogP contribution in [0, 0.1) is 5.82 Å². The molecule has 0 amide bonds. The first kappa shape index (κ1) is 14.6. The predicted molar refractivity (Wildman–Crippen MR) is 71.8 cm³/mol. The molecule has 1 N–H and O–H groups in total. The van der Waals surface area contributed by atoms with Crippen LogP contribution in [0.4, 0.5) is 4.39 Å². The lowest BCUT2D eigenvalue weighted by molar-refractivity contribution is 0.189. The van der Waals surface area contributed by atoms with E-state index in [2.05, 4.69) is 21.2 Å². The van der Waals surface area contributed by atoms with Crippen molar-refractivity contribution in [2.75, 3.05) is 20.8 Å². The maximum Gasteiger partial charge on any atom is 0.123 e. The average molecular weight is 304 g/mol. The molecule has 2 nitrogen and oxygen atoms in total. The molecule has 1 aromatic carbocycles. The monoisotopic (exact) mass is 303 g/mol. The molecule has 0 aliphatic heterocycles. The number of likely N-dealkylation sites (N-methyl/N-ethyl adjacent to an activating group) is 1. The van der Waals surface area contributed by atoms with E-state index >= 15 is 0 Å². The van der Waals surface area contributed by atoms with Gasteiger partial charge in [0, 0.05) is 24.2 Å². The largest absolute Gasteiger partial charge is 0.385 e. The van der Waals surface area contributed by atoms with Crippen LogP contribution in [0.15, 0.2) is 22.7 Å². The number of methoxy groups -OCH3 is 1. The second-order valence-electron chi connectivity index (χ2n) is 4.06. The highest BCUT2D eigenvalue weighted by Crippen LogP contribution is 2.20. The maximum atomic E-state index is 13.1. The van der Waals surface area contributed by atoms with Gasteiger partial charge in [-0.2, -0.15) is 0 Å². The Morgan fingerprint density at radius 3 is 2.88 bits per heavy atom. The molecule has 4 heteroatoms. The summed E-state index contributed by atoms with van der Waals surface area (Å²) in [6, 6.07) is 5.16. The Kier molecular flexibility index (Phi) is 6.70. The number of benzene rings is 1. The summed E-state index contributed by atoms with van der Waals surface area (Å²) in [5, 5.41) is 3.26. The second-order valence-corrected chi connectivity index (χ2v) is 4.91. The highest BCUT2D eigenvalue weighted by atomic mass is 79.9. The Morgan fingerprint density at radius 2 is 2.24 bits per heavy atom. The summed E-state index contributed by atoms with van der Waals surface area (Å²) >= 11 is 3.45. The standard InChI is InChI=1S/C13H19BrFNO/c1-16-12(4-3-7-17-2)9-10-8-11(15)5-6-13(10)14/h5-6,8,12,16H,3-4,7,9H2,1-2H3. The smallest absolute Gasteiger partial charge is 0.123 e. The molecule has 0 aromatic heterocycles. The van der Waals surface area contributed by atoms with Gasteiger partial charge in [-0.3, -0.25) is 0 Å². The summed E-state index contributed by atoms with van der Waals surface area (Å²) in [5.74, 6) is -0.185. The van der Waals surface area contributed by atoms with E-state index in [0.717, 1.165) is 35.9 Å². The van der Waals surface area contributed by atoms with Crippen molar-refractivity contribution in [3.63, 3.8) is 0 Å². The molecule has 17 heavy (non-hydrogen) atoms. The quantitative estimate of drug-likeness (QED) is 0.781. The van der Waals surface area contributed by atoms with Crippen molar-refractivity contribution in [2.45, 2.75) is 25.3 Å². The van der Waals surface area contributed by atoms with Crippen molar-refractivity contribution >= 4 is 15.9 Å². The molecular weight excluding hydrogens is 285 g/mol. The molecule has 0 fully saturated rings. The fourth-order valence-electron chi connectivity index (χ4n) is 1.79. The predicted octanol–water partition coefficient (Wildman–Crippen LogP) is 3.15. The number of hydrogen-bond donors (Lipinski definition) is 1.